The van der Waals surface area contributed by atoms with Crippen LogP contribution in [0.25, 0.3) is 6.08 Å². The summed E-state index contributed by atoms with van der Waals surface area (Å²) in [7, 11) is 0. The lowest BCUT2D eigenvalue weighted by Gasteiger charge is -2.38. The van der Waals surface area contributed by atoms with Crippen molar-refractivity contribution in [1.29, 1.82) is 0 Å². The molecule has 85 heavy (non-hydrogen) atoms. The van der Waals surface area contributed by atoms with Gasteiger partial charge in [-0.05, 0) is 249 Å². The quantitative estimate of drug-likeness (QED) is 0.0877. The SMILES string of the molecule is CCCC1CCC(C2CCC(/C=C/c3ccc(OCC)c(F)c3O)CC2)CC1.CCCC1CCC(C2CCC(CC(O)c3ccc(OCC)c(F)c3C)CC2)CC1.CCCC1CCC(C2CCC(CCc3ccc(OCC)c(F)c3O)CC2)CC1. The van der Waals surface area contributed by atoms with Crippen molar-refractivity contribution in [2.45, 2.75) is 266 Å². The van der Waals surface area contributed by atoms with Crippen LogP contribution in [-0.2, 0) is 6.42 Å². The normalized spacial score (nSPS) is 28.6. The maximum absolute atomic E-state index is 14.5. The van der Waals surface area contributed by atoms with Gasteiger partial charge in [-0.25, -0.2) is 4.39 Å². The van der Waals surface area contributed by atoms with Gasteiger partial charge in [0.15, 0.2) is 34.6 Å². The first-order valence-electron chi connectivity index (χ1n) is 35.3. The second-order valence-electron chi connectivity index (χ2n) is 27.7. The predicted octanol–water partition coefficient (Wildman–Crippen LogP) is 22.0. The zero-order chi connectivity index (χ0) is 60.7. The summed E-state index contributed by atoms with van der Waals surface area (Å²) < 4.78 is 58.6. The molecule has 0 heterocycles. The summed E-state index contributed by atoms with van der Waals surface area (Å²) in [4.78, 5) is 0. The van der Waals surface area contributed by atoms with Crippen molar-refractivity contribution in [3.8, 4) is 28.7 Å². The predicted molar refractivity (Wildman–Crippen MR) is 345 cm³/mol. The van der Waals surface area contributed by atoms with Gasteiger partial charge in [-0.1, -0.05) is 148 Å². The Morgan fingerprint density at radius 3 is 1.20 bits per heavy atom. The van der Waals surface area contributed by atoms with E-state index < -0.39 is 17.7 Å². The van der Waals surface area contributed by atoms with Gasteiger partial charge in [0.2, 0.25) is 11.6 Å². The highest BCUT2D eigenvalue weighted by Gasteiger charge is 2.34. The van der Waals surface area contributed by atoms with Crippen LogP contribution in [0.5, 0.6) is 28.7 Å². The van der Waals surface area contributed by atoms with Crippen LogP contribution in [0.15, 0.2) is 42.5 Å². The molecule has 6 saturated carbocycles. The van der Waals surface area contributed by atoms with Crippen LogP contribution in [0, 0.1) is 95.4 Å². The molecule has 3 aromatic carbocycles. The molecule has 0 saturated heterocycles. The van der Waals surface area contributed by atoms with E-state index in [-0.39, 0.29) is 34.6 Å². The summed E-state index contributed by atoms with van der Waals surface area (Å²) in [5.74, 6) is 8.84. The van der Waals surface area contributed by atoms with Crippen LogP contribution in [0.4, 0.5) is 13.2 Å². The van der Waals surface area contributed by atoms with Gasteiger partial charge in [0.25, 0.3) is 0 Å². The van der Waals surface area contributed by atoms with Gasteiger partial charge in [0.05, 0.1) is 25.9 Å². The number of ether oxygens (including phenoxy) is 3. The summed E-state index contributed by atoms with van der Waals surface area (Å²) in [5, 5.41) is 31.0. The van der Waals surface area contributed by atoms with Crippen LogP contribution >= 0.6 is 0 Å². The third-order valence-corrected chi connectivity index (χ3v) is 22.2. The fourth-order valence-electron chi connectivity index (χ4n) is 17.1. The standard InChI is InChI=1S/C26H41FO2.C25H39FO2.C25H37FO2/c1-4-6-19-7-11-21(12-8-19)22-13-9-20(10-14-22)17-24(28)23-15-16-25(29-5-2)26(27)18(23)3;2*1-3-5-18-6-11-20(12-7-18)21-13-8-19(9-14-21)10-15-22-16-17-23(28-4-2)24(26)25(22)27/h15-16,19-22,24,28H,4-14,17H2,1-3H3;16-21,27H,3-15H2,1-2H3;10,15-21,27H,3-9,11-14H2,1-2H3/b;;15-10+. The average molecular weight is 1180 g/mol. The van der Waals surface area contributed by atoms with Crippen LogP contribution < -0.4 is 14.2 Å². The van der Waals surface area contributed by atoms with Crippen LogP contribution in [-0.4, -0.2) is 35.1 Å². The van der Waals surface area contributed by atoms with Crippen LogP contribution in [0.2, 0.25) is 0 Å². The van der Waals surface area contributed by atoms with E-state index in [1.165, 1.54) is 193 Å². The van der Waals surface area contributed by atoms with Crippen molar-refractivity contribution >= 4 is 6.08 Å². The highest BCUT2D eigenvalue weighted by Crippen LogP contribution is 2.47. The Balaban J connectivity index is 0.000000183. The molecular formula is C76H117F3O6. The number of aliphatic hydroxyl groups is 1. The van der Waals surface area contributed by atoms with E-state index in [0.717, 1.165) is 89.6 Å². The van der Waals surface area contributed by atoms with E-state index in [2.05, 4.69) is 26.8 Å². The van der Waals surface area contributed by atoms with E-state index in [4.69, 9.17) is 14.2 Å². The fraction of sp³-hybridized carbons (Fsp3) is 0.737. The molecule has 6 nitrogen and oxygen atoms in total. The van der Waals surface area contributed by atoms with E-state index in [0.29, 0.717) is 42.8 Å². The number of aryl methyl sites for hydroxylation is 1. The minimum atomic E-state index is -0.661. The van der Waals surface area contributed by atoms with E-state index in [1.807, 2.05) is 32.1 Å². The number of hydrogen-bond donors (Lipinski definition) is 3. The second kappa shape index (κ2) is 36.0. The van der Waals surface area contributed by atoms with E-state index in [1.54, 1.807) is 38.1 Å². The Hall–Kier alpha value is -3.85. The van der Waals surface area contributed by atoms with Crippen LogP contribution in [0.1, 0.15) is 275 Å². The molecule has 9 rings (SSSR count). The van der Waals surface area contributed by atoms with Crippen molar-refractivity contribution in [3.05, 3.63) is 82.2 Å². The lowest BCUT2D eigenvalue weighted by molar-refractivity contribution is 0.100. The Morgan fingerprint density at radius 2 is 0.788 bits per heavy atom. The number of phenols is 2. The molecule has 0 radical (unpaired) electrons. The molecule has 0 aliphatic heterocycles. The van der Waals surface area contributed by atoms with Crippen molar-refractivity contribution in [2.24, 2.45) is 71.0 Å². The number of rotatable bonds is 23. The summed E-state index contributed by atoms with van der Waals surface area (Å²) in [6, 6.07) is 10.3. The summed E-state index contributed by atoms with van der Waals surface area (Å²) >= 11 is 0. The third kappa shape index (κ3) is 20.3. The average Bonchev–Trinajstić information content (AvgIpc) is 3.72. The molecule has 0 spiro atoms. The fourth-order valence-corrected chi connectivity index (χ4v) is 17.1. The molecule has 0 bridgehead atoms. The molecule has 6 aliphatic carbocycles. The van der Waals surface area contributed by atoms with Gasteiger partial charge < -0.3 is 29.5 Å². The number of hydrogen-bond acceptors (Lipinski definition) is 6. The molecule has 6 aliphatic rings. The summed E-state index contributed by atoms with van der Waals surface area (Å²) in [6.07, 6.45) is 47.2. The number of halogens is 3. The van der Waals surface area contributed by atoms with E-state index >= 15 is 0 Å². The van der Waals surface area contributed by atoms with Gasteiger partial charge in [-0.15, -0.1) is 0 Å². The minimum Gasteiger partial charge on any atom is -0.505 e. The lowest BCUT2D eigenvalue weighted by atomic mass is 9.68. The number of aliphatic hydroxyl groups excluding tert-OH is 1. The van der Waals surface area contributed by atoms with Crippen molar-refractivity contribution in [2.75, 3.05) is 19.8 Å². The molecule has 1 atom stereocenters. The third-order valence-electron chi connectivity index (χ3n) is 22.2. The molecule has 9 heteroatoms. The first kappa shape index (κ1) is 68.6. The van der Waals surface area contributed by atoms with E-state index in [9.17, 15) is 28.5 Å². The van der Waals surface area contributed by atoms with Gasteiger partial charge in [0.1, 0.15) is 0 Å². The zero-order valence-corrected chi connectivity index (χ0v) is 54.3. The molecule has 3 aromatic rings. The monoisotopic (exact) mass is 1180 g/mol. The highest BCUT2D eigenvalue weighted by atomic mass is 19.1. The molecule has 0 aromatic heterocycles. The van der Waals surface area contributed by atoms with Crippen LogP contribution in [0.3, 0.4) is 0 Å². The Bertz CT molecular complexity index is 2390. The second-order valence-corrected chi connectivity index (χ2v) is 27.7. The molecule has 6 fully saturated rings. The lowest BCUT2D eigenvalue weighted by Crippen LogP contribution is -2.26. The Kier molecular flexibility index (Phi) is 29.0. The minimum absolute atomic E-state index is 0.117. The zero-order valence-electron chi connectivity index (χ0n) is 54.3. The molecular weight excluding hydrogens is 1070 g/mol. The number of aromatic hydroxyl groups is 2. The number of phenolic OH excluding ortho intramolecular Hbond substituents is 2. The van der Waals surface area contributed by atoms with Crippen molar-refractivity contribution < 1.29 is 42.7 Å². The molecule has 0 amide bonds. The first-order chi connectivity index (χ1) is 41.3. The van der Waals surface area contributed by atoms with Crippen molar-refractivity contribution in [3.63, 3.8) is 0 Å². The van der Waals surface area contributed by atoms with Crippen molar-refractivity contribution in [1.82, 2.24) is 0 Å². The van der Waals surface area contributed by atoms with Gasteiger partial charge in [-0.3, -0.25) is 0 Å². The molecule has 1 unspecified atom stereocenters. The molecule has 3 N–H and O–H groups in total. The van der Waals surface area contributed by atoms with Gasteiger partial charge in [0, 0.05) is 5.56 Å². The Morgan fingerprint density at radius 1 is 0.435 bits per heavy atom. The van der Waals surface area contributed by atoms with Gasteiger partial charge >= 0.3 is 0 Å². The maximum atomic E-state index is 14.5. The highest BCUT2D eigenvalue weighted by molar-refractivity contribution is 5.59. The maximum Gasteiger partial charge on any atom is 0.207 e. The topological polar surface area (TPSA) is 88.4 Å². The first-order valence-corrected chi connectivity index (χ1v) is 35.3. The summed E-state index contributed by atoms with van der Waals surface area (Å²) in [5.41, 5.74) is 2.51. The number of allylic oxidation sites excluding steroid dienone is 1. The number of benzene rings is 3. The van der Waals surface area contributed by atoms with Gasteiger partial charge in [-0.2, -0.15) is 8.78 Å². The summed E-state index contributed by atoms with van der Waals surface area (Å²) in [6.45, 7) is 15.4. The largest absolute Gasteiger partial charge is 0.505 e. The Labute approximate surface area is 514 Å². The smallest absolute Gasteiger partial charge is 0.207 e. The molecule has 478 valence electrons.